The van der Waals surface area contributed by atoms with Crippen molar-refractivity contribution in [2.24, 2.45) is 5.41 Å². The number of pyridine rings is 1. The number of aliphatic hydroxyl groups excluding tert-OH is 1. The van der Waals surface area contributed by atoms with Gasteiger partial charge in [-0.05, 0) is 46.5 Å². The SMILES string of the molecule is CC(C)(C)C(=O)N1CCN(C2c3ccc(Cl)cc3C(Cn3ccnc3CO)=Cc3cccnc32)CC1. The Balaban J connectivity index is 1.55. The summed E-state index contributed by atoms with van der Waals surface area (Å²) >= 11 is 6.52. The molecule has 1 N–H and O–H groups in total. The number of imidazole rings is 1. The number of aromatic nitrogens is 3. The van der Waals surface area contributed by atoms with Crippen molar-refractivity contribution in [2.75, 3.05) is 26.2 Å². The van der Waals surface area contributed by atoms with Gasteiger partial charge in [0.15, 0.2) is 0 Å². The number of piperazine rings is 1. The second-order valence-electron chi connectivity index (χ2n) is 10.5. The Kier molecular flexibility index (Phi) is 6.72. The summed E-state index contributed by atoms with van der Waals surface area (Å²) in [4.78, 5) is 26.4. The van der Waals surface area contributed by atoms with Crippen molar-refractivity contribution < 1.29 is 9.90 Å². The minimum absolute atomic E-state index is 0.0609. The quantitative estimate of drug-likeness (QED) is 0.573. The van der Waals surface area contributed by atoms with Gasteiger partial charge in [0, 0.05) is 61.8 Å². The van der Waals surface area contributed by atoms with E-state index in [1.165, 1.54) is 0 Å². The third-order valence-corrected chi connectivity index (χ3v) is 7.24. The number of carbonyl (C=O) groups excluding carboxylic acids is 1. The van der Waals surface area contributed by atoms with Crippen molar-refractivity contribution in [3.8, 4) is 0 Å². The van der Waals surface area contributed by atoms with Gasteiger partial charge in [-0.2, -0.15) is 0 Å². The van der Waals surface area contributed by atoms with Gasteiger partial charge in [-0.25, -0.2) is 4.98 Å². The summed E-state index contributed by atoms with van der Waals surface area (Å²) in [6.45, 7) is 9.25. The van der Waals surface area contributed by atoms with Crippen LogP contribution in [0.3, 0.4) is 0 Å². The number of carbonyl (C=O) groups is 1. The number of benzene rings is 1. The van der Waals surface area contributed by atoms with Crippen LogP contribution in [-0.4, -0.2) is 61.5 Å². The molecule has 188 valence electrons. The molecule has 1 amide bonds. The van der Waals surface area contributed by atoms with Gasteiger partial charge in [0.05, 0.1) is 11.7 Å². The zero-order valence-electron chi connectivity index (χ0n) is 21.0. The topological polar surface area (TPSA) is 74.5 Å². The largest absolute Gasteiger partial charge is 0.388 e. The van der Waals surface area contributed by atoms with Crippen LogP contribution in [0.25, 0.3) is 11.6 Å². The minimum atomic E-state index is -0.387. The van der Waals surface area contributed by atoms with Crippen molar-refractivity contribution in [1.29, 1.82) is 0 Å². The van der Waals surface area contributed by atoms with Crippen LogP contribution in [0.1, 0.15) is 55.0 Å². The van der Waals surface area contributed by atoms with Crippen molar-refractivity contribution in [2.45, 2.75) is 40.0 Å². The third-order valence-electron chi connectivity index (χ3n) is 7.01. The van der Waals surface area contributed by atoms with Gasteiger partial charge in [-0.3, -0.25) is 14.7 Å². The van der Waals surface area contributed by atoms with E-state index in [4.69, 9.17) is 16.6 Å². The molecule has 0 bridgehead atoms. The number of allylic oxidation sites excluding steroid dienone is 1. The van der Waals surface area contributed by atoms with E-state index in [1.54, 1.807) is 6.20 Å². The summed E-state index contributed by atoms with van der Waals surface area (Å²) in [7, 11) is 0. The molecule has 1 aliphatic heterocycles. The van der Waals surface area contributed by atoms with E-state index >= 15 is 0 Å². The summed E-state index contributed by atoms with van der Waals surface area (Å²) in [5, 5.41) is 10.4. The van der Waals surface area contributed by atoms with Gasteiger partial charge in [0.1, 0.15) is 12.4 Å². The lowest BCUT2D eigenvalue weighted by atomic mass is 9.92. The van der Waals surface area contributed by atoms with E-state index < -0.39 is 0 Å². The molecule has 8 heteroatoms. The molecule has 2 aromatic heterocycles. The summed E-state index contributed by atoms with van der Waals surface area (Å²) in [6.07, 6.45) is 7.62. The number of amides is 1. The lowest BCUT2D eigenvalue weighted by Crippen LogP contribution is -2.52. The second kappa shape index (κ2) is 9.81. The van der Waals surface area contributed by atoms with Crippen molar-refractivity contribution in [3.05, 3.63) is 82.2 Å². The Morgan fingerprint density at radius 1 is 1.11 bits per heavy atom. The summed E-state index contributed by atoms with van der Waals surface area (Å²) < 4.78 is 1.96. The molecule has 3 heterocycles. The predicted molar refractivity (Wildman–Crippen MR) is 141 cm³/mol. The number of aliphatic hydroxyl groups is 1. The van der Waals surface area contributed by atoms with E-state index in [1.807, 2.05) is 60.8 Å². The van der Waals surface area contributed by atoms with Gasteiger partial charge < -0.3 is 14.6 Å². The minimum Gasteiger partial charge on any atom is -0.388 e. The first kappa shape index (κ1) is 24.7. The second-order valence-corrected chi connectivity index (χ2v) is 10.9. The smallest absolute Gasteiger partial charge is 0.228 e. The highest BCUT2D eigenvalue weighted by molar-refractivity contribution is 6.30. The van der Waals surface area contributed by atoms with Crippen LogP contribution >= 0.6 is 11.6 Å². The first-order valence-electron chi connectivity index (χ1n) is 12.4. The molecule has 7 nitrogen and oxygen atoms in total. The van der Waals surface area contributed by atoms with E-state index in [2.05, 4.69) is 28.1 Å². The molecule has 0 saturated carbocycles. The molecule has 1 atom stereocenters. The van der Waals surface area contributed by atoms with Gasteiger partial charge in [-0.1, -0.05) is 44.5 Å². The van der Waals surface area contributed by atoms with Crippen LogP contribution in [0.2, 0.25) is 5.02 Å². The molecule has 1 unspecified atom stereocenters. The summed E-state index contributed by atoms with van der Waals surface area (Å²) in [5.41, 5.74) is 4.96. The first-order chi connectivity index (χ1) is 17.3. The standard InChI is InChI=1S/C28H32ClN5O2/c1-28(2,3)27(36)33-13-11-32(12-14-33)26-22-7-6-21(29)16-23(22)20(15-19-5-4-8-31-25(19)26)17-34-10-9-30-24(34)18-35/h4-10,15-16,26,35H,11-14,17-18H2,1-3H3. The molecule has 36 heavy (non-hydrogen) atoms. The molecule has 1 aliphatic carbocycles. The molecule has 1 saturated heterocycles. The Hall–Kier alpha value is -3.00. The molecule has 1 fully saturated rings. The highest BCUT2D eigenvalue weighted by Crippen LogP contribution is 2.41. The van der Waals surface area contributed by atoms with Crippen LogP contribution in [-0.2, 0) is 17.9 Å². The van der Waals surface area contributed by atoms with Crippen molar-refractivity contribution >= 4 is 29.2 Å². The average molecular weight is 506 g/mol. The number of hydrogen-bond donors (Lipinski definition) is 1. The summed E-state index contributed by atoms with van der Waals surface area (Å²) in [5.74, 6) is 0.809. The molecular formula is C28H32ClN5O2. The van der Waals surface area contributed by atoms with Crippen LogP contribution in [0, 0.1) is 5.41 Å². The average Bonchev–Trinajstić information content (AvgIpc) is 3.27. The Labute approximate surface area is 217 Å². The lowest BCUT2D eigenvalue weighted by molar-refractivity contribution is -0.141. The Morgan fingerprint density at radius 2 is 1.89 bits per heavy atom. The maximum absolute atomic E-state index is 12.9. The maximum atomic E-state index is 12.9. The van der Waals surface area contributed by atoms with E-state index in [9.17, 15) is 9.90 Å². The van der Waals surface area contributed by atoms with Crippen molar-refractivity contribution in [1.82, 2.24) is 24.3 Å². The predicted octanol–water partition coefficient (Wildman–Crippen LogP) is 4.26. The van der Waals surface area contributed by atoms with E-state index in [0.29, 0.717) is 30.5 Å². The molecule has 2 aliphatic rings. The van der Waals surface area contributed by atoms with Crippen LogP contribution in [0.15, 0.2) is 48.9 Å². The van der Waals surface area contributed by atoms with E-state index in [0.717, 1.165) is 41.0 Å². The number of rotatable bonds is 4. The van der Waals surface area contributed by atoms with Gasteiger partial charge in [-0.15, -0.1) is 0 Å². The lowest BCUT2D eigenvalue weighted by Gasteiger charge is -2.41. The van der Waals surface area contributed by atoms with Gasteiger partial charge in [0.25, 0.3) is 0 Å². The van der Waals surface area contributed by atoms with Crippen LogP contribution in [0.4, 0.5) is 0 Å². The summed E-state index contributed by atoms with van der Waals surface area (Å²) in [6, 6.07) is 10.1. The van der Waals surface area contributed by atoms with Gasteiger partial charge in [0.2, 0.25) is 5.91 Å². The monoisotopic (exact) mass is 505 g/mol. The first-order valence-corrected chi connectivity index (χ1v) is 12.7. The highest BCUT2D eigenvalue weighted by Gasteiger charge is 2.35. The molecular weight excluding hydrogens is 474 g/mol. The Bertz CT molecular complexity index is 1300. The maximum Gasteiger partial charge on any atom is 0.228 e. The number of halogens is 1. The normalized spacial score (nSPS) is 18.3. The molecule has 5 rings (SSSR count). The molecule has 1 aromatic carbocycles. The van der Waals surface area contributed by atoms with Crippen LogP contribution in [0.5, 0.6) is 0 Å². The molecule has 0 spiro atoms. The highest BCUT2D eigenvalue weighted by atomic mass is 35.5. The number of fused-ring (bicyclic) bond motifs is 2. The Morgan fingerprint density at radius 3 is 2.61 bits per heavy atom. The van der Waals surface area contributed by atoms with E-state index in [-0.39, 0.29) is 24.0 Å². The molecule has 3 aromatic rings. The molecule has 0 radical (unpaired) electrons. The van der Waals surface area contributed by atoms with Crippen LogP contribution < -0.4 is 0 Å². The fourth-order valence-corrected chi connectivity index (χ4v) is 5.39. The zero-order chi connectivity index (χ0) is 25.4. The van der Waals surface area contributed by atoms with Crippen molar-refractivity contribution in [3.63, 3.8) is 0 Å². The fraction of sp³-hybridized carbons (Fsp3) is 0.393. The van der Waals surface area contributed by atoms with Gasteiger partial charge >= 0.3 is 0 Å². The zero-order valence-corrected chi connectivity index (χ0v) is 21.7. The third kappa shape index (κ3) is 4.71. The number of hydrogen-bond acceptors (Lipinski definition) is 5. The number of nitrogens with zero attached hydrogens (tertiary/aromatic N) is 5. The fourth-order valence-electron chi connectivity index (χ4n) is 5.22.